The van der Waals surface area contributed by atoms with Crippen molar-refractivity contribution in [3.63, 3.8) is 0 Å². The number of hydrogen-bond acceptors (Lipinski definition) is 1. The second-order valence-electron chi connectivity index (χ2n) is 5.23. The van der Waals surface area contributed by atoms with Crippen LogP contribution in [-0.2, 0) is 0 Å². The number of halogens is 1. The van der Waals surface area contributed by atoms with Crippen molar-refractivity contribution in [3.8, 4) is 0 Å². The average molecular weight is 293 g/mol. The summed E-state index contributed by atoms with van der Waals surface area (Å²) in [5, 5.41) is 5.95. The van der Waals surface area contributed by atoms with Crippen LogP contribution in [0.25, 0.3) is 10.9 Å². The van der Waals surface area contributed by atoms with Gasteiger partial charge in [0, 0.05) is 16.1 Å². The fraction of sp³-hybridized carbons (Fsp3) is 0.500. The lowest BCUT2D eigenvalue weighted by Crippen LogP contribution is -2.16. The normalized spacial score (nSPS) is 25.3. The zero-order valence-electron chi connectivity index (χ0n) is 10.1. The van der Waals surface area contributed by atoms with Gasteiger partial charge in [0.15, 0.2) is 0 Å². The minimum atomic E-state index is 0.609. The number of rotatable bonds is 1. The zero-order chi connectivity index (χ0) is 11.8. The lowest BCUT2D eigenvalue weighted by Gasteiger charge is -2.26. The van der Waals surface area contributed by atoms with Gasteiger partial charge in [-0.25, -0.2) is 0 Å². The Labute approximate surface area is 110 Å². The molecule has 1 fully saturated rings. The van der Waals surface area contributed by atoms with Gasteiger partial charge >= 0.3 is 0 Å². The van der Waals surface area contributed by atoms with E-state index in [4.69, 9.17) is 5.10 Å². The van der Waals surface area contributed by atoms with Crippen molar-refractivity contribution in [3.05, 3.63) is 28.9 Å². The van der Waals surface area contributed by atoms with Crippen molar-refractivity contribution >= 4 is 26.8 Å². The van der Waals surface area contributed by atoms with Gasteiger partial charge in [0.25, 0.3) is 0 Å². The quantitative estimate of drug-likeness (QED) is 0.754. The van der Waals surface area contributed by atoms with Gasteiger partial charge in [-0.15, -0.1) is 0 Å². The Balaban J connectivity index is 1.90. The van der Waals surface area contributed by atoms with Crippen LogP contribution >= 0.6 is 15.9 Å². The lowest BCUT2D eigenvalue weighted by molar-refractivity contribution is 0.275. The number of nitrogens with zero attached hydrogens (tertiary/aromatic N) is 2. The number of benzene rings is 1. The van der Waals surface area contributed by atoms with E-state index in [9.17, 15) is 0 Å². The molecular formula is C14H17BrN2. The van der Waals surface area contributed by atoms with Crippen molar-refractivity contribution < 1.29 is 0 Å². The third-order valence-electron chi connectivity index (χ3n) is 3.85. The van der Waals surface area contributed by atoms with Crippen LogP contribution in [0.3, 0.4) is 0 Å². The highest BCUT2D eigenvalue weighted by atomic mass is 79.9. The molecule has 3 heteroatoms. The highest BCUT2D eigenvalue weighted by molar-refractivity contribution is 9.10. The van der Waals surface area contributed by atoms with Crippen LogP contribution in [0.15, 0.2) is 28.9 Å². The number of aromatic nitrogens is 2. The second-order valence-corrected chi connectivity index (χ2v) is 6.14. The topological polar surface area (TPSA) is 17.8 Å². The molecule has 2 nitrogen and oxygen atoms in total. The molecule has 0 atom stereocenters. The van der Waals surface area contributed by atoms with Crippen LogP contribution in [0.2, 0.25) is 0 Å². The zero-order valence-corrected chi connectivity index (χ0v) is 11.7. The molecule has 1 aromatic carbocycles. The Hall–Kier alpha value is -0.830. The molecule has 0 unspecified atom stereocenters. The summed E-state index contributed by atoms with van der Waals surface area (Å²) >= 11 is 3.50. The predicted molar refractivity (Wildman–Crippen MR) is 74.1 cm³/mol. The Kier molecular flexibility index (Phi) is 2.95. The van der Waals surface area contributed by atoms with E-state index >= 15 is 0 Å². The molecule has 0 aliphatic heterocycles. The molecule has 0 saturated heterocycles. The fourth-order valence-electron chi connectivity index (χ4n) is 2.70. The minimum Gasteiger partial charge on any atom is -0.268 e. The van der Waals surface area contributed by atoms with Crippen LogP contribution in [0, 0.1) is 5.92 Å². The monoisotopic (exact) mass is 292 g/mol. The van der Waals surface area contributed by atoms with E-state index in [2.05, 4.69) is 51.9 Å². The van der Waals surface area contributed by atoms with E-state index in [1.807, 2.05) is 0 Å². The van der Waals surface area contributed by atoms with Crippen LogP contribution in [0.4, 0.5) is 0 Å². The summed E-state index contributed by atoms with van der Waals surface area (Å²) in [6.07, 6.45) is 7.42. The maximum absolute atomic E-state index is 4.71. The number of hydrogen-bond donors (Lipinski definition) is 0. The number of fused-ring (bicyclic) bond motifs is 1. The van der Waals surface area contributed by atoms with Crippen molar-refractivity contribution in [2.24, 2.45) is 5.92 Å². The molecule has 0 N–H and O–H groups in total. The first kappa shape index (κ1) is 11.3. The standard InChI is InChI=1S/C14H17BrN2/c1-10-2-6-13(7-3-10)17-9-11-4-5-12(15)8-14(11)16-17/h4-5,8-10,13H,2-3,6-7H2,1H3. The van der Waals surface area contributed by atoms with Crippen molar-refractivity contribution in [2.75, 3.05) is 0 Å². The maximum Gasteiger partial charge on any atom is 0.0934 e. The Morgan fingerprint density at radius 3 is 2.76 bits per heavy atom. The average Bonchev–Trinajstić information content (AvgIpc) is 2.72. The highest BCUT2D eigenvalue weighted by Crippen LogP contribution is 2.32. The molecule has 0 spiro atoms. The van der Waals surface area contributed by atoms with Gasteiger partial charge in [-0.2, -0.15) is 5.10 Å². The van der Waals surface area contributed by atoms with Crippen LogP contribution in [0.5, 0.6) is 0 Å². The van der Waals surface area contributed by atoms with E-state index < -0.39 is 0 Å². The molecule has 1 aliphatic carbocycles. The lowest BCUT2D eigenvalue weighted by atomic mass is 9.87. The molecule has 1 aliphatic rings. The van der Waals surface area contributed by atoms with Gasteiger partial charge in [0.1, 0.15) is 0 Å². The third-order valence-corrected chi connectivity index (χ3v) is 4.34. The van der Waals surface area contributed by atoms with Crippen LogP contribution in [0.1, 0.15) is 38.6 Å². The Bertz CT molecular complexity index is 524. The summed E-state index contributed by atoms with van der Waals surface area (Å²) in [5.74, 6) is 0.894. The van der Waals surface area contributed by atoms with Gasteiger partial charge in [-0.3, -0.25) is 4.68 Å². The maximum atomic E-state index is 4.71. The van der Waals surface area contributed by atoms with E-state index in [-0.39, 0.29) is 0 Å². The first-order valence-corrected chi connectivity index (χ1v) is 7.16. The van der Waals surface area contributed by atoms with Gasteiger partial charge < -0.3 is 0 Å². The summed E-state index contributed by atoms with van der Waals surface area (Å²) in [5.41, 5.74) is 1.10. The van der Waals surface area contributed by atoms with E-state index in [0.29, 0.717) is 6.04 Å². The predicted octanol–water partition coefficient (Wildman–Crippen LogP) is 4.55. The summed E-state index contributed by atoms with van der Waals surface area (Å²) in [7, 11) is 0. The molecule has 1 heterocycles. The summed E-state index contributed by atoms with van der Waals surface area (Å²) in [6.45, 7) is 2.35. The Morgan fingerprint density at radius 2 is 2.00 bits per heavy atom. The van der Waals surface area contributed by atoms with Crippen LogP contribution < -0.4 is 0 Å². The summed E-state index contributed by atoms with van der Waals surface area (Å²) in [6, 6.07) is 6.92. The van der Waals surface area contributed by atoms with Gasteiger partial charge in [0.05, 0.1) is 11.6 Å². The molecule has 0 radical (unpaired) electrons. The molecule has 90 valence electrons. The Morgan fingerprint density at radius 1 is 1.24 bits per heavy atom. The van der Waals surface area contributed by atoms with E-state index in [1.165, 1.54) is 31.1 Å². The molecule has 2 aromatic rings. The smallest absolute Gasteiger partial charge is 0.0934 e. The van der Waals surface area contributed by atoms with Gasteiger partial charge in [0.2, 0.25) is 0 Å². The first-order chi connectivity index (χ1) is 8.22. The minimum absolute atomic E-state index is 0.609. The molecule has 0 bridgehead atoms. The SMILES string of the molecule is CC1CCC(n2cc3ccc(Br)cc3n2)CC1. The van der Waals surface area contributed by atoms with E-state index in [0.717, 1.165) is 15.9 Å². The first-order valence-electron chi connectivity index (χ1n) is 6.37. The summed E-state index contributed by atoms with van der Waals surface area (Å²) in [4.78, 5) is 0. The molecule has 3 rings (SSSR count). The highest BCUT2D eigenvalue weighted by Gasteiger charge is 2.20. The van der Waals surface area contributed by atoms with Crippen molar-refractivity contribution in [1.82, 2.24) is 9.78 Å². The van der Waals surface area contributed by atoms with Crippen LogP contribution in [-0.4, -0.2) is 9.78 Å². The van der Waals surface area contributed by atoms with Gasteiger partial charge in [-0.1, -0.05) is 28.9 Å². The largest absolute Gasteiger partial charge is 0.268 e. The molecule has 1 saturated carbocycles. The molecule has 0 amide bonds. The van der Waals surface area contributed by atoms with Gasteiger partial charge in [-0.05, 0) is 43.7 Å². The molecule has 17 heavy (non-hydrogen) atoms. The fourth-order valence-corrected chi connectivity index (χ4v) is 3.05. The van der Waals surface area contributed by atoms with Crippen molar-refractivity contribution in [2.45, 2.75) is 38.6 Å². The van der Waals surface area contributed by atoms with Crippen molar-refractivity contribution in [1.29, 1.82) is 0 Å². The molecule has 1 aromatic heterocycles. The molecular weight excluding hydrogens is 276 g/mol. The summed E-state index contributed by atoms with van der Waals surface area (Å²) < 4.78 is 3.29. The third kappa shape index (κ3) is 2.25. The second kappa shape index (κ2) is 4.45. The van der Waals surface area contributed by atoms with E-state index in [1.54, 1.807) is 0 Å².